The number of nitrogens with zero attached hydrogens (tertiary/aromatic N) is 1. The van der Waals surface area contributed by atoms with E-state index in [9.17, 15) is 14.4 Å². The number of hydrogen-bond donors (Lipinski definition) is 3. The summed E-state index contributed by atoms with van der Waals surface area (Å²) in [6, 6.07) is -1.50. The van der Waals surface area contributed by atoms with Gasteiger partial charge in [0.05, 0.1) is 6.54 Å². The van der Waals surface area contributed by atoms with Gasteiger partial charge in [0.25, 0.3) is 0 Å². The molecule has 1 heterocycles. The molecule has 0 aliphatic carbocycles. The van der Waals surface area contributed by atoms with Gasteiger partial charge in [0.2, 0.25) is 11.8 Å². The van der Waals surface area contributed by atoms with Crippen LogP contribution in [-0.4, -0.2) is 53.0 Å². The van der Waals surface area contributed by atoms with Crippen molar-refractivity contribution in [1.29, 1.82) is 0 Å². The first-order valence-electron chi connectivity index (χ1n) is 6.04. The highest BCUT2D eigenvalue weighted by molar-refractivity contribution is 5.91. The minimum atomic E-state index is -1.07. The third-order valence-corrected chi connectivity index (χ3v) is 3.07. The number of likely N-dealkylation sites (tertiary alicyclic amines) is 1. The first kappa shape index (κ1) is 14.4. The first-order chi connectivity index (χ1) is 8.51. The van der Waals surface area contributed by atoms with Crippen LogP contribution >= 0.6 is 0 Å². The quantitative estimate of drug-likeness (QED) is 0.579. The summed E-state index contributed by atoms with van der Waals surface area (Å²) < 4.78 is 0. The minimum Gasteiger partial charge on any atom is -0.480 e. The molecular formula is C11H19N3O4. The summed E-state index contributed by atoms with van der Waals surface area (Å²) in [5, 5.41) is 11.3. The standard InChI is InChI=1S/C11H19N3O4/c1-2-7(11(17)18)13-10(16)8-4-3-5-14(8)9(15)6-12/h7-8H,2-6,12H2,1H3,(H,13,16)(H,17,18). The number of carboxylic acid groups (broad SMARTS) is 1. The van der Waals surface area contributed by atoms with Crippen molar-refractivity contribution < 1.29 is 19.5 Å². The second-order valence-electron chi connectivity index (χ2n) is 4.26. The fourth-order valence-electron chi connectivity index (χ4n) is 2.06. The monoisotopic (exact) mass is 257 g/mol. The molecule has 0 aromatic carbocycles. The van der Waals surface area contributed by atoms with E-state index >= 15 is 0 Å². The van der Waals surface area contributed by atoms with Crippen molar-refractivity contribution in [3.05, 3.63) is 0 Å². The van der Waals surface area contributed by atoms with E-state index in [0.29, 0.717) is 19.4 Å². The van der Waals surface area contributed by atoms with Crippen molar-refractivity contribution in [2.45, 2.75) is 38.3 Å². The Morgan fingerprint density at radius 1 is 1.50 bits per heavy atom. The molecule has 2 atom stereocenters. The van der Waals surface area contributed by atoms with Crippen molar-refractivity contribution in [1.82, 2.24) is 10.2 Å². The van der Waals surface area contributed by atoms with E-state index in [1.807, 2.05) is 0 Å². The zero-order valence-electron chi connectivity index (χ0n) is 10.4. The molecule has 102 valence electrons. The molecule has 0 bridgehead atoms. The van der Waals surface area contributed by atoms with E-state index < -0.39 is 24.0 Å². The lowest BCUT2D eigenvalue weighted by Crippen LogP contribution is -2.51. The highest BCUT2D eigenvalue weighted by Gasteiger charge is 2.34. The van der Waals surface area contributed by atoms with Crippen LogP contribution in [0.5, 0.6) is 0 Å². The van der Waals surface area contributed by atoms with Crippen LogP contribution < -0.4 is 11.1 Å². The Balaban J connectivity index is 2.65. The van der Waals surface area contributed by atoms with E-state index in [-0.39, 0.29) is 12.5 Å². The summed E-state index contributed by atoms with van der Waals surface area (Å²) in [5.41, 5.74) is 5.27. The predicted octanol–water partition coefficient (Wildman–Crippen LogP) is -1.08. The van der Waals surface area contributed by atoms with Crippen LogP contribution in [0.15, 0.2) is 0 Å². The number of carboxylic acids is 1. The minimum absolute atomic E-state index is 0.139. The second kappa shape index (κ2) is 6.34. The molecule has 2 unspecified atom stereocenters. The first-order valence-corrected chi connectivity index (χ1v) is 6.04. The van der Waals surface area contributed by atoms with E-state index in [2.05, 4.69) is 5.32 Å². The number of carbonyl (C=O) groups excluding carboxylic acids is 2. The van der Waals surface area contributed by atoms with Crippen molar-refractivity contribution in [2.24, 2.45) is 5.73 Å². The average Bonchev–Trinajstić information content (AvgIpc) is 2.83. The van der Waals surface area contributed by atoms with Crippen LogP contribution in [0, 0.1) is 0 Å². The largest absolute Gasteiger partial charge is 0.480 e. The van der Waals surface area contributed by atoms with Crippen LogP contribution in [0.3, 0.4) is 0 Å². The molecule has 7 nitrogen and oxygen atoms in total. The maximum Gasteiger partial charge on any atom is 0.326 e. The van der Waals surface area contributed by atoms with Gasteiger partial charge in [-0.1, -0.05) is 6.92 Å². The third-order valence-electron chi connectivity index (χ3n) is 3.07. The lowest BCUT2D eigenvalue weighted by atomic mass is 10.1. The molecule has 0 spiro atoms. The van der Waals surface area contributed by atoms with Gasteiger partial charge in [0.1, 0.15) is 12.1 Å². The highest BCUT2D eigenvalue weighted by atomic mass is 16.4. The molecule has 0 radical (unpaired) electrons. The van der Waals surface area contributed by atoms with Gasteiger partial charge in [-0.15, -0.1) is 0 Å². The second-order valence-corrected chi connectivity index (χ2v) is 4.26. The molecular weight excluding hydrogens is 238 g/mol. The molecule has 0 saturated carbocycles. The molecule has 4 N–H and O–H groups in total. The van der Waals surface area contributed by atoms with Crippen LogP contribution in [0.1, 0.15) is 26.2 Å². The van der Waals surface area contributed by atoms with Gasteiger partial charge >= 0.3 is 5.97 Å². The van der Waals surface area contributed by atoms with E-state index in [1.165, 1.54) is 4.90 Å². The number of rotatable bonds is 5. The summed E-state index contributed by atoms with van der Waals surface area (Å²) in [6.07, 6.45) is 1.58. The predicted molar refractivity (Wildman–Crippen MR) is 63.6 cm³/mol. The Morgan fingerprint density at radius 3 is 2.67 bits per heavy atom. The van der Waals surface area contributed by atoms with Gasteiger partial charge in [0, 0.05) is 6.54 Å². The van der Waals surface area contributed by atoms with Gasteiger partial charge in [0.15, 0.2) is 0 Å². The molecule has 1 aliphatic heterocycles. The van der Waals surface area contributed by atoms with Crippen molar-refractivity contribution >= 4 is 17.8 Å². The molecule has 1 saturated heterocycles. The maximum absolute atomic E-state index is 11.9. The van der Waals surface area contributed by atoms with Gasteiger partial charge in [-0.3, -0.25) is 9.59 Å². The molecule has 2 amide bonds. The average molecular weight is 257 g/mol. The number of aliphatic carboxylic acids is 1. The van der Waals surface area contributed by atoms with Gasteiger partial charge in [-0.05, 0) is 19.3 Å². The number of hydrogen-bond acceptors (Lipinski definition) is 4. The van der Waals surface area contributed by atoms with Gasteiger partial charge < -0.3 is 21.1 Å². The molecule has 1 fully saturated rings. The number of nitrogens with one attached hydrogen (secondary N) is 1. The van der Waals surface area contributed by atoms with Crippen LogP contribution in [0.25, 0.3) is 0 Å². The lowest BCUT2D eigenvalue weighted by Gasteiger charge is -2.24. The smallest absolute Gasteiger partial charge is 0.326 e. The fraction of sp³-hybridized carbons (Fsp3) is 0.727. The van der Waals surface area contributed by atoms with Crippen LogP contribution in [0.4, 0.5) is 0 Å². The lowest BCUT2D eigenvalue weighted by molar-refractivity contribution is -0.143. The topological polar surface area (TPSA) is 113 Å². The summed E-state index contributed by atoms with van der Waals surface area (Å²) in [7, 11) is 0. The number of nitrogens with two attached hydrogens (primary N) is 1. The molecule has 0 aromatic rings. The van der Waals surface area contributed by atoms with Crippen molar-refractivity contribution in [3.8, 4) is 0 Å². The summed E-state index contributed by atoms with van der Waals surface area (Å²) in [5.74, 6) is -1.76. The fourth-order valence-corrected chi connectivity index (χ4v) is 2.06. The zero-order chi connectivity index (χ0) is 13.7. The van der Waals surface area contributed by atoms with E-state index in [4.69, 9.17) is 10.8 Å². The Bertz CT molecular complexity index is 345. The Kier molecular flexibility index (Phi) is 5.08. The number of amides is 2. The van der Waals surface area contributed by atoms with Crippen LogP contribution in [-0.2, 0) is 14.4 Å². The molecule has 1 rings (SSSR count). The van der Waals surface area contributed by atoms with E-state index in [0.717, 1.165) is 6.42 Å². The van der Waals surface area contributed by atoms with Gasteiger partial charge in [-0.2, -0.15) is 0 Å². The highest BCUT2D eigenvalue weighted by Crippen LogP contribution is 2.17. The molecule has 7 heteroatoms. The normalized spacial score (nSPS) is 20.6. The molecule has 18 heavy (non-hydrogen) atoms. The van der Waals surface area contributed by atoms with Crippen LogP contribution in [0.2, 0.25) is 0 Å². The Hall–Kier alpha value is -1.63. The summed E-state index contributed by atoms with van der Waals surface area (Å²) in [4.78, 5) is 35.7. The Morgan fingerprint density at radius 2 is 2.17 bits per heavy atom. The van der Waals surface area contributed by atoms with Gasteiger partial charge in [-0.25, -0.2) is 4.79 Å². The molecule has 1 aliphatic rings. The Labute approximate surface area is 105 Å². The third kappa shape index (κ3) is 3.19. The van der Waals surface area contributed by atoms with E-state index in [1.54, 1.807) is 6.92 Å². The molecule has 0 aromatic heterocycles. The zero-order valence-corrected chi connectivity index (χ0v) is 10.4. The number of carbonyl (C=O) groups is 3. The maximum atomic E-state index is 11.9. The summed E-state index contributed by atoms with van der Waals surface area (Å²) in [6.45, 7) is 2.04. The SMILES string of the molecule is CCC(NC(=O)C1CCCN1C(=O)CN)C(=O)O. The van der Waals surface area contributed by atoms with Crippen molar-refractivity contribution in [2.75, 3.05) is 13.1 Å². The summed E-state index contributed by atoms with van der Waals surface area (Å²) >= 11 is 0. The van der Waals surface area contributed by atoms with Crippen molar-refractivity contribution in [3.63, 3.8) is 0 Å².